The lowest BCUT2D eigenvalue weighted by Crippen LogP contribution is -2.59. The normalized spacial score (nSPS) is 45.9. The third kappa shape index (κ3) is 0.873. The van der Waals surface area contributed by atoms with Crippen LogP contribution >= 0.6 is 0 Å². The molecule has 0 aromatic rings. The summed E-state index contributed by atoms with van der Waals surface area (Å²) in [6.45, 7) is 6.47. The molecule has 0 amide bonds. The molecule has 0 aromatic carbocycles. The van der Waals surface area contributed by atoms with Crippen LogP contribution in [-0.4, -0.2) is 10.7 Å². The monoisotopic (exact) mass is 176 g/mol. The molecule has 3 rings (SSSR count). The summed E-state index contributed by atoms with van der Waals surface area (Å²) in [5.41, 5.74) is 0.454. The van der Waals surface area contributed by atoms with Crippen LogP contribution in [0.2, 0.25) is 0 Å². The Labute approximate surface area is 79.8 Å². The van der Waals surface area contributed by atoms with E-state index in [1.807, 2.05) is 6.08 Å². The van der Waals surface area contributed by atoms with Crippen LogP contribution in [0, 0.1) is 29.6 Å². The predicted molar refractivity (Wildman–Crippen MR) is 52.9 cm³/mol. The van der Waals surface area contributed by atoms with Gasteiger partial charge in [0.2, 0.25) is 0 Å². The molecule has 2 bridgehead atoms. The number of aliphatic hydroxyl groups is 1. The second-order valence-electron chi connectivity index (χ2n) is 5.02. The van der Waals surface area contributed by atoms with Crippen LogP contribution in [0.25, 0.3) is 0 Å². The van der Waals surface area contributed by atoms with Gasteiger partial charge in [0.1, 0.15) is 5.60 Å². The van der Waals surface area contributed by atoms with Crippen molar-refractivity contribution in [1.82, 2.24) is 0 Å². The lowest BCUT2D eigenvalue weighted by molar-refractivity contribution is -0.108. The van der Waals surface area contributed by atoms with Gasteiger partial charge in [-0.3, -0.25) is 0 Å². The largest absolute Gasteiger partial charge is 0.374 e. The number of rotatable bonds is 0. The molecule has 3 atom stereocenters. The molecular weight excluding hydrogens is 160 g/mol. The van der Waals surface area contributed by atoms with Crippen molar-refractivity contribution < 1.29 is 5.11 Å². The summed E-state index contributed by atoms with van der Waals surface area (Å²) in [6.07, 6.45) is 8.32. The van der Waals surface area contributed by atoms with E-state index in [0.29, 0.717) is 5.92 Å². The number of hydrogen-bond donors (Lipinski definition) is 1. The number of hydrogen-bond acceptors (Lipinski definition) is 1. The standard InChI is InChI=1S/C12H16O/c1-5-12(13)7-8(2)9-6-10(12)11(9,3)4/h1,7,9-10,13H,6H2,2-4H3/t9-,10-,12-/m1/s1. The molecule has 1 fully saturated rings. The Kier molecular flexibility index (Phi) is 1.49. The van der Waals surface area contributed by atoms with Gasteiger partial charge in [0.15, 0.2) is 0 Å². The van der Waals surface area contributed by atoms with Crippen LogP contribution in [0.3, 0.4) is 0 Å². The average Bonchev–Trinajstić information content (AvgIpc) is 2.02. The van der Waals surface area contributed by atoms with Gasteiger partial charge in [0, 0.05) is 5.92 Å². The highest BCUT2D eigenvalue weighted by atomic mass is 16.3. The molecule has 1 heteroatoms. The molecule has 0 unspecified atom stereocenters. The van der Waals surface area contributed by atoms with Gasteiger partial charge in [0.05, 0.1) is 0 Å². The first kappa shape index (κ1) is 8.84. The Bertz CT molecular complexity index is 319. The highest BCUT2D eigenvalue weighted by Gasteiger charge is 2.59. The van der Waals surface area contributed by atoms with Gasteiger partial charge in [-0.25, -0.2) is 0 Å². The Hall–Kier alpha value is -0.740. The first-order valence-corrected chi connectivity index (χ1v) is 4.81. The summed E-state index contributed by atoms with van der Waals surface area (Å²) >= 11 is 0. The zero-order valence-corrected chi connectivity index (χ0v) is 8.46. The quantitative estimate of drug-likeness (QED) is 0.442. The number of fused-ring (bicyclic) bond motifs is 1. The van der Waals surface area contributed by atoms with E-state index in [9.17, 15) is 5.11 Å². The molecule has 0 heterocycles. The highest BCUT2D eigenvalue weighted by molar-refractivity contribution is 5.37. The summed E-state index contributed by atoms with van der Waals surface area (Å²) < 4.78 is 0. The zero-order valence-electron chi connectivity index (χ0n) is 8.46. The lowest BCUT2D eigenvalue weighted by Gasteiger charge is -2.60. The van der Waals surface area contributed by atoms with Crippen molar-refractivity contribution >= 4 is 0 Å². The molecule has 70 valence electrons. The zero-order chi connectivity index (χ0) is 9.85. The van der Waals surface area contributed by atoms with Crippen LogP contribution < -0.4 is 0 Å². The van der Waals surface area contributed by atoms with Crippen molar-refractivity contribution in [2.75, 3.05) is 0 Å². The van der Waals surface area contributed by atoms with E-state index in [2.05, 4.69) is 26.7 Å². The maximum atomic E-state index is 10.2. The van der Waals surface area contributed by atoms with Crippen molar-refractivity contribution in [2.45, 2.75) is 32.8 Å². The highest BCUT2D eigenvalue weighted by Crippen LogP contribution is 2.62. The van der Waals surface area contributed by atoms with Gasteiger partial charge in [-0.15, -0.1) is 6.42 Å². The van der Waals surface area contributed by atoms with E-state index in [1.54, 1.807) is 0 Å². The van der Waals surface area contributed by atoms with E-state index in [0.717, 1.165) is 6.42 Å². The smallest absolute Gasteiger partial charge is 0.147 e. The van der Waals surface area contributed by atoms with Gasteiger partial charge >= 0.3 is 0 Å². The van der Waals surface area contributed by atoms with Crippen LogP contribution in [0.1, 0.15) is 27.2 Å². The predicted octanol–water partition coefficient (Wildman–Crippen LogP) is 1.97. The maximum absolute atomic E-state index is 10.2. The third-order valence-corrected chi connectivity index (χ3v) is 4.03. The van der Waals surface area contributed by atoms with E-state index >= 15 is 0 Å². The molecule has 0 aliphatic heterocycles. The molecule has 0 radical (unpaired) electrons. The Balaban J connectivity index is 2.48. The lowest BCUT2D eigenvalue weighted by atomic mass is 9.45. The van der Waals surface area contributed by atoms with E-state index < -0.39 is 5.60 Å². The fourth-order valence-corrected chi connectivity index (χ4v) is 3.14. The third-order valence-electron chi connectivity index (χ3n) is 4.03. The van der Waals surface area contributed by atoms with Crippen molar-refractivity contribution in [3.63, 3.8) is 0 Å². The number of terminal acetylenes is 1. The molecule has 0 spiro atoms. The summed E-state index contributed by atoms with van der Waals surface area (Å²) in [6, 6.07) is 0. The molecule has 13 heavy (non-hydrogen) atoms. The summed E-state index contributed by atoms with van der Waals surface area (Å²) in [7, 11) is 0. The van der Waals surface area contributed by atoms with E-state index in [4.69, 9.17) is 6.42 Å². The first-order valence-electron chi connectivity index (χ1n) is 4.81. The SMILES string of the molecule is C#C[C@@]1(O)C=C(C)[C@H]2C[C@@H]1C2(C)C. The van der Waals surface area contributed by atoms with Gasteiger partial charge in [-0.1, -0.05) is 25.3 Å². The molecule has 1 N–H and O–H groups in total. The summed E-state index contributed by atoms with van der Waals surface area (Å²) in [4.78, 5) is 0. The Morgan fingerprint density at radius 2 is 2.23 bits per heavy atom. The molecule has 3 aliphatic carbocycles. The topological polar surface area (TPSA) is 20.2 Å². The maximum Gasteiger partial charge on any atom is 0.147 e. The van der Waals surface area contributed by atoms with E-state index in [1.165, 1.54) is 5.57 Å². The average molecular weight is 176 g/mol. The molecule has 0 saturated heterocycles. The molecule has 1 saturated carbocycles. The molecule has 3 aliphatic rings. The van der Waals surface area contributed by atoms with Crippen molar-refractivity contribution in [3.05, 3.63) is 11.6 Å². The van der Waals surface area contributed by atoms with Crippen LogP contribution in [-0.2, 0) is 0 Å². The minimum Gasteiger partial charge on any atom is -0.374 e. The van der Waals surface area contributed by atoms with Crippen molar-refractivity contribution in [2.24, 2.45) is 17.3 Å². The second kappa shape index (κ2) is 2.19. The van der Waals surface area contributed by atoms with Gasteiger partial charge in [-0.2, -0.15) is 0 Å². The van der Waals surface area contributed by atoms with Crippen LogP contribution in [0.4, 0.5) is 0 Å². The second-order valence-corrected chi connectivity index (χ2v) is 5.02. The molecular formula is C12H16O. The molecule has 0 aromatic heterocycles. The molecule has 1 nitrogen and oxygen atoms in total. The van der Waals surface area contributed by atoms with Crippen LogP contribution in [0.15, 0.2) is 11.6 Å². The van der Waals surface area contributed by atoms with Crippen molar-refractivity contribution in [3.8, 4) is 12.3 Å². The fourth-order valence-electron chi connectivity index (χ4n) is 3.14. The fraction of sp³-hybridized carbons (Fsp3) is 0.667. The summed E-state index contributed by atoms with van der Waals surface area (Å²) in [5, 5.41) is 10.2. The minimum absolute atomic E-state index is 0.181. The van der Waals surface area contributed by atoms with Crippen molar-refractivity contribution in [1.29, 1.82) is 0 Å². The number of allylic oxidation sites excluding steroid dienone is 1. The summed E-state index contributed by atoms with van der Waals surface area (Å²) in [5.74, 6) is 3.41. The van der Waals surface area contributed by atoms with Gasteiger partial charge in [0.25, 0.3) is 0 Å². The minimum atomic E-state index is -0.984. The first-order chi connectivity index (χ1) is 5.92. The van der Waals surface area contributed by atoms with Gasteiger partial charge < -0.3 is 5.11 Å². The van der Waals surface area contributed by atoms with Crippen LogP contribution in [0.5, 0.6) is 0 Å². The Morgan fingerprint density at radius 3 is 2.62 bits per heavy atom. The Morgan fingerprint density at radius 1 is 1.62 bits per heavy atom. The van der Waals surface area contributed by atoms with E-state index in [-0.39, 0.29) is 11.3 Å². The van der Waals surface area contributed by atoms with Gasteiger partial charge in [-0.05, 0) is 30.8 Å².